The minimum atomic E-state index is -0.392. The lowest BCUT2D eigenvalue weighted by Gasteiger charge is -2.11. The van der Waals surface area contributed by atoms with Crippen molar-refractivity contribution in [1.82, 2.24) is 4.98 Å². The molecule has 0 fully saturated rings. The Morgan fingerprint density at radius 2 is 1.32 bits per heavy atom. The van der Waals surface area contributed by atoms with E-state index in [0.717, 1.165) is 0 Å². The Balaban J connectivity index is 1.48. The van der Waals surface area contributed by atoms with Crippen LogP contribution in [0.25, 0.3) is 0 Å². The van der Waals surface area contributed by atoms with E-state index >= 15 is 0 Å². The largest absolute Gasteiger partial charge is 0.484 e. The van der Waals surface area contributed by atoms with Crippen LogP contribution in [-0.4, -0.2) is 30.0 Å². The van der Waals surface area contributed by atoms with E-state index in [1.54, 1.807) is 54.6 Å². The second kappa shape index (κ2) is 11.0. The number of halogens is 3. The number of carbonyl (C=O) groups is 2. The SMILES string of the molecule is O=C(COc1ccc(Cl)cc1)Nc1cnc(NC(=O)COc2ccc(Cl)cc2)c(Br)c1. The predicted molar refractivity (Wildman–Crippen MR) is 123 cm³/mol. The van der Waals surface area contributed by atoms with Gasteiger partial charge in [0.2, 0.25) is 0 Å². The zero-order valence-electron chi connectivity index (χ0n) is 15.9. The van der Waals surface area contributed by atoms with Gasteiger partial charge in [0, 0.05) is 10.0 Å². The van der Waals surface area contributed by atoms with E-state index in [-0.39, 0.29) is 19.1 Å². The van der Waals surface area contributed by atoms with Gasteiger partial charge in [0.1, 0.15) is 17.3 Å². The van der Waals surface area contributed by atoms with Gasteiger partial charge >= 0.3 is 0 Å². The number of pyridine rings is 1. The van der Waals surface area contributed by atoms with Crippen LogP contribution in [0.3, 0.4) is 0 Å². The summed E-state index contributed by atoms with van der Waals surface area (Å²) < 4.78 is 11.3. The summed E-state index contributed by atoms with van der Waals surface area (Å²) in [5, 5.41) is 6.45. The third-order valence-electron chi connectivity index (χ3n) is 3.75. The summed E-state index contributed by atoms with van der Waals surface area (Å²) >= 11 is 14.9. The molecule has 0 atom stereocenters. The van der Waals surface area contributed by atoms with Crippen LogP contribution in [-0.2, 0) is 9.59 Å². The van der Waals surface area contributed by atoms with Crippen LogP contribution >= 0.6 is 39.1 Å². The van der Waals surface area contributed by atoms with Gasteiger partial charge in [-0.05, 0) is 70.5 Å². The first-order chi connectivity index (χ1) is 14.9. The van der Waals surface area contributed by atoms with Crippen LogP contribution in [0, 0.1) is 0 Å². The summed E-state index contributed by atoms with van der Waals surface area (Å²) in [6.45, 7) is -0.379. The van der Waals surface area contributed by atoms with E-state index in [4.69, 9.17) is 32.7 Å². The second-order valence-electron chi connectivity index (χ2n) is 6.14. The monoisotopic (exact) mass is 523 g/mol. The summed E-state index contributed by atoms with van der Waals surface area (Å²) in [4.78, 5) is 28.3. The number of anilines is 2. The average Bonchev–Trinajstić information content (AvgIpc) is 2.75. The molecule has 0 aliphatic heterocycles. The van der Waals surface area contributed by atoms with E-state index in [0.29, 0.717) is 37.5 Å². The molecular weight excluding hydrogens is 509 g/mol. The minimum absolute atomic E-state index is 0.181. The van der Waals surface area contributed by atoms with Crippen molar-refractivity contribution in [2.45, 2.75) is 0 Å². The Morgan fingerprint density at radius 3 is 1.81 bits per heavy atom. The highest BCUT2D eigenvalue weighted by Gasteiger charge is 2.11. The van der Waals surface area contributed by atoms with Crippen LogP contribution in [0.5, 0.6) is 11.5 Å². The maximum absolute atomic E-state index is 12.1. The lowest BCUT2D eigenvalue weighted by Crippen LogP contribution is -2.22. The maximum atomic E-state index is 12.1. The molecule has 7 nitrogen and oxygen atoms in total. The first kappa shape index (κ1) is 22.9. The molecule has 31 heavy (non-hydrogen) atoms. The molecule has 3 aromatic rings. The van der Waals surface area contributed by atoms with Gasteiger partial charge in [-0.1, -0.05) is 23.2 Å². The van der Waals surface area contributed by atoms with Crippen LogP contribution < -0.4 is 20.1 Å². The summed E-state index contributed by atoms with van der Waals surface area (Å²) in [6, 6.07) is 15.0. The van der Waals surface area contributed by atoms with E-state index in [9.17, 15) is 9.59 Å². The molecule has 0 radical (unpaired) electrons. The quantitative estimate of drug-likeness (QED) is 0.423. The molecule has 1 heterocycles. The Kier molecular flexibility index (Phi) is 8.11. The molecular formula is C21H16BrCl2N3O4. The molecule has 160 valence electrons. The first-order valence-corrected chi connectivity index (χ1v) is 10.5. The zero-order chi connectivity index (χ0) is 22.2. The molecule has 2 amide bonds. The molecule has 10 heteroatoms. The maximum Gasteiger partial charge on any atom is 0.263 e. The van der Waals surface area contributed by atoms with Crippen molar-refractivity contribution < 1.29 is 19.1 Å². The van der Waals surface area contributed by atoms with Crippen molar-refractivity contribution in [3.8, 4) is 11.5 Å². The molecule has 2 N–H and O–H groups in total. The fraction of sp³-hybridized carbons (Fsp3) is 0.0952. The number of ether oxygens (including phenoxy) is 2. The number of rotatable bonds is 8. The van der Waals surface area contributed by atoms with Crippen LogP contribution in [0.15, 0.2) is 65.3 Å². The van der Waals surface area contributed by atoms with Gasteiger partial charge in [0.25, 0.3) is 11.8 Å². The number of hydrogen-bond acceptors (Lipinski definition) is 5. The lowest BCUT2D eigenvalue weighted by molar-refractivity contribution is -0.118. The van der Waals surface area contributed by atoms with Crippen molar-refractivity contribution in [2.75, 3.05) is 23.8 Å². The van der Waals surface area contributed by atoms with Gasteiger partial charge in [-0.25, -0.2) is 4.98 Å². The summed E-state index contributed by atoms with van der Waals surface area (Å²) in [5.41, 5.74) is 0.437. The molecule has 0 spiro atoms. The number of aromatic nitrogens is 1. The number of carbonyl (C=O) groups excluding carboxylic acids is 2. The second-order valence-corrected chi connectivity index (χ2v) is 7.86. The van der Waals surface area contributed by atoms with Gasteiger partial charge in [-0.2, -0.15) is 0 Å². The predicted octanol–water partition coefficient (Wildman–Crippen LogP) is 5.19. The van der Waals surface area contributed by atoms with Crippen LogP contribution in [0.2, 0.25) is 10.0 Å². The molecule has 0 bridgehead atoms. The van der Waals surface area contributed by atoms with E-state index in [1.165, 1.54) is 6.20 Å². The van der Waals surface area contributed by atoms with Crippen molar-refractivity contribution in [3.63, 3.8) is 0 Å². The molecule has 0 aliphatic carbocycles. The Bertz CT molecular complexity index is 1060. The fourth-order valence-electron chi connectivity index (χ4n) is 2.32. The average molecular weight is 525 g/mol. The zero-order valence-corrected chi connectivity index (χ0v) is 19.0. The first-order valence-electron chi connectivity index (χ1n) is 8.91. The van der Waals surface area contributed by atoms with Crippen LogP contribution in [0.4, 0.5) is 11.5 Å². The number of hydrogen-bond donors (Lipinski definition) is 2. The molecule has 1 aromatic heterocycles. The highest BCUT2D eigenvalue weighted by Crippen LogP contribution is 2.23. The van der Waals surface area contributed by atoms with E-state index in [1.807, 2.05) is 0 Å². The topological polar surface area (TPSA) is 89.5 Å². The summed E-state index contributed by atoms with van der Waals surface area (Å²) in [7, 11) is 0. The third kappa shape index (κ3) is 7.43. The number of benzene rings is 2. The van der Waals surface area contributed by atoms with Crippen molar-refractivity contribution >= 4 is 62.5 Å². The van der Waals surface area contributed by atoms with Gasteiger partial charge in [-0.3, -0.25) is 9.59 Å². The number of amides is 2. The molecule has 3 rings (SSSR count). The summed E-state index contributed by atoms with van der Waals surface area (Å²) in [5.74, 6) is 0.580. The molecule has 0 aliphatic rings. The van der Waals surface area contributed by atoms with Crippen LogP contribution in [0.1, 0.15) is 0 Å². The molecule has 0 saturated heterocycles. The van der Waals surface area contributed by atoms with Crippen molar-refractivity contribution in [3.05, 3.63) is 75.3 Å². The third-order valence-corrected chi connectivity index (χ3v) is 4.86. The van der Waals surface area contributed by atoms with Gasteiger partial charge in [-0.15, -0.1) is 0 Å². The number of nitrogens with one attached hydrogen (secondary N) is 2. The highest BCUT2D eigenvalue weighted by atomic mass is 79.9. The molecule has 2 aromatic carbocycles. The normalized spacial score (nSPS) is 10.3. The smallest absolute Gasteiger partial charge is 0.263 e. The fourth-order valence-corrected chi connectivity index (χ4v) is 3.02. The number of nitrogens with zero attached hydrogens (tertiary/aromatic N) is 1. The van der Waals surface area contributed by atoms with Crippen molar-refractivity contribution in [2.24, 2.45) is 0 Å². The Labute approximate surface area is 196 Å². The molecule has 0 saturated carbocycles. The van der Waals surface area contributed by atoms with Crippen molar-refractivity contribution in [1.29, 1.82) is 0 Å². The summed E-state index contributed by atoms with van der Waals surface area (Å²) in [6.07, 6.45) is 1.42. The van der Waals surface area contributed by atoms with Gasteiger partial charge in [0.15, 0.2) is 13.2 Å². The van der Waals surface area contributed by atoms with E-state index < -0.39 is 5.91 Å². The van der Waals surface area contributed by atoms with Gasteiger partial charge < -0.3 is 20.1 Å². The van der Waals surface area contributed by atoms with E-state index in [2.05, 4.69) is 31.5 Å². The van der Waals surface area contributed by atoms with Gasteiger partial charge in [0.05, 0.1) is 16.4 Å². The Hall–Kier alpha value is -2.81. The molecule has 0 unspecified atom stereocenters. The minimum Gasteiger partial charge on any atom is -0.484 e. The lowest BCUT2D eigenvalue weighted by atomic mass is 10.3. The highest BCUT2D eigenvalue weighted by molar-refractivity contribution is 9.10. The standard InChI is InChI=1S/C21H16BrCl2N3O4/c22-18-9-15(26-19(28)11-30-16-5-1-13(23)2-6-16)10-25-21(18)27-20(29)12-31-17-7-3-14(24)4-8-17/h1-10H,11-12H2,(H,26,28)(H,25,27,29). The Morgan fingerprint density at radius 1 is 0.839 bits per heavy atom.